The lowest BCUT2D eigenvalue weighted by Crippen LogP contribution is -2.52. The van der Waals surface area contributed by atoms with E-state index in [2.05, 4.69) is 15.6 Å². The lowest BCUT2D eigenvalue weighted by molar-refractivity contribution is -0.265. The first-order valence-electron chi connectivity index (χ1n) is 15.8. The van der Waals surface area contributed by atoms with Gasteiger partial charge in [0, 0.05) is 11.1 Å². The first kappa shape index (κ1) is 36.6. The van der Waals surface area contributed by atoms with E-state index in [0.717, 1.165) is 31.0 Å². The third-order valence-corrected chi connectivity index (χ3v) is 8.20. The Kier molecular flexibility index (Phi) is 10.5. The minimum atomic E-state index is -5.39. The molecule has 3 aromatic carbocycles. The van der Waals surface area contributed by atoms with E-state index in [9.17, 15) is 37.5 Å². The Morgan fingerprint density at radius 3 is 2.37 bits per heavy atom. The van der Waals surface area contributed by atoms with E-state index in [1.54, 1.807) is 36.4 Å². The van der Waals surface area contributed by atoms with Crippen LogP contribution in [0.1, 0.15) is 59.4 Å². The number of halogens is 4. The van der Waals surface area contributed by atoms with Crippen LogP contribution >= 0.6 is 0 Å². The van der Waals surface area contributed by atoms with Gasteiger partial charge in [-0.05, 0) is 86.3 Å². The number of nitriles is 1. The minimum Gasteiger partial charge on any atom is -0.493 e. The van der Waals surface area contributed by atoms with Gasteiger partial charge in [0.2, 0.25) is 5.60 Å². The molecule has 0 aliphatic heterocycles. The van der Waals surface area contributed by atoms with Crippen molar-refractivity contribution in [3.8, 4) is 28.8 Å². The lowest BCUT2D eigenvalue weighted by Gasteiger charge is -2.33. The molecule has 0 spiro atoms. The van der Waals surface area contributed by atoms with Gasteiger partial charge in [-0.3, -0.25) is 4.79 Å². The van der Waals surface area contributed by atoms with Crippen molar-refractivity contribution < 1.29 is 46.5 Å². The fraction of sp³-hybridized carbons (Fsp3) is 0.297. The van der Waals surface area contributed by atoms with Gasteiger partial charge >= 0.3 is 12.3 Å². The van der Waals surface area contributed by atoms with Gasteiger partial charge in [0.05, 0.1) is 42.2 Å². The first-order chi connectivity index (χ1) is 24.1. The molecule has 3 N–H and O–H groups in total. The first-order valence-corrected chi connectivity index (χ1v) is 15.8. The maximum atomic E-state index is 14.9. The van der Waals surface area contributed by atoms with Gasteiger partial charge in [0.25, 0.3) is 5.91 Å². The van der Waals surface area contributed by atoms with Gasteiger partial charge in [0.1, 0.15) is 18.5 Å². The van der Waals surface area contributed by atoms with E-state index in [0.29, 0.717) is 11.3 Å². The number of ether oxygens (including phenoxy) is 3. The van der Waals surface area contributed by atoms with Crippen LogP contribution in [-0.2, 0) is 22.5 Å². The van der Waals surface area contributed by atoms with E-state index >= 15 is 0 Å². The second-order valence-corrected chi connectivity index (χ2v) is 12.5. The van der Waals surface area contributed by atoms with Crippen molar-refractivity contribution in [3.05, 3.63) is 113 Å². The quantitative estimate of drug-likeness (QED) is 0.139. The topological polar surface area (TPSA) is 143 Å². The van der Waals surface area contributed by atoms with Gasteiger partial charge in [-0.15, -0.1) is 0 Å². The Bertz CT molecular complexity index is 1960. The zero-order valence-electron chi connectivity index (χ0n) is 27.8. The number of alkyl carbamates (subject to hydrolysis) is 1. The van der Waals surface area contributed by atoms with Gasteiger partial charge in [-0.2, -0.15) is 18.4 Å². The highest BCUT2D eigenvalue weighted by Crippen LogP contribution is 2.41. The molecule has 1 saturated carbocycles. The van der Waals surface area contributed by atoms with E-state index in [4.69, 9.17) is 14.2 Å². The number of rotatable bonds is 12. The number of nitrogens with zero attached hydrogens (tertiary/aromatic N) is 2. The molecule has 10 nitrogen and oxygen atoms in total. The van der Waals surface area contributed by atoms with E-state index in [1.165, 1.54) is 51.3 Å². The van der Waals surface area contributed by atoms with Crippen molar-refractivity contribution in [3.63, 3.8) is 0 Å². The van der Waals surface area contributed by atoms with Crippen molar-refractivity contribution in [2.24, 2.45) is 0 Å². The molecule has 1 aromatic heterocycles. The number of carbonyl (C=O) groups excluding carboxylic acids is 2. The van der Waals surface area contributed by atoms with Gasteiger partial charge in [0.15, 0.2) is 11.5 Å². The van der Waals surface area contributed by atoms with Crippen LogP contribution in [0.3, 0.4) is 0 Å². The maximum absolute atomic E-state index is 14.9. The van der Waals surface area contributed by atoms with Crippen LogP contribution in [0.5, 0.6) is 11.5 Å². The lowest BCUT2D eigenvalue weighted by atomic mass is 9.88. The van der Waals surface area contributed by atoms with E-state index in [1.807, 2.05) is 0 Å². The molecule has 2 amide bonds. The largest absolute Gasteiger partial charge is 0.493 e. The maximum Gasteiger partial charge on any atom is 0.424 e. The summed E-state index contributed by atoms with van der Waals surface area (Å²) in [6, 6.07) is 20.1. The van der Waals surface area contributed by atoms with Crippen LogP contribution < -0.4 is 20.1 Å². The summed E-state index contributed by atoms with van der Waals surface area (Å²) in [5.74, 6) is -1.24. The molecule has 266 valence electrons. The summed E-state index contributed by atoms with van der Waals surface area (Å²) < 4.78 is 75.2. The number of benzene rings is 3. The van der Waals surface area contributed by atoms with Crippen molar-refractivity contribution in [2.45, 2.75) is 56.7 Å². The zero-order valence-corrected chi connectivity index (χ0v) is 27.8. The summed E-state index contributed by atoms with van der Waals surface area (Å²) in [7, 11) is 1.36. The Balaban J connectivity index is 1.49. The van der Waals surface area contributed by atoms with Crippen molar-refractivity contribution in [1.82, 2.24) is 15.6 Å². The van der Waals surface area contributed by atoms with Gasteiger partial charge < -0.3 is 30.0 Å². The third kappa shape index (κ3) is 8.56. The Labute approximate surface area is 291 Å². The van der Waals surface area contributed by atoms with Crippen molar-refractivity contribution >= 4 is 12.0 Å². The SMILES string of the molecule is COc1cc(C(=O)NCC(O)(c2cc(C(C)(C)NC(=O)OCc3ccccc3)cc(-c3ccc(F)c(C#N)c3)n2)C(F)(F)F)ccc1OC1CC1. The second kappa shape index (κ2) is 14.7. The number of amides is 2. The number of aliphatic hydroxyl groups is 1. The predicted molar refractivity (Wildman–Crippen MR) is 176 cm³/mol. The monoisotopic (exact) mass is 706 g/mol. The van der Waals surface area contributed by atoms with Crippen molar-refractivity contribution in [2.75, 3.05) is 13.7 Å². The highest BCUT2D eigenvalue weighted by molar-refractivity contribution is 5.95. The average molecular weight is 707 g/mol. The van der Waals surface area contributed by atoms with E-state index < -0.39 is 52.9 Å². The number of hydrogen-bond donors (Lipinski definition) is 3. The van der Waals surface area contributed by atoms with Crippen LogP contribution in [-0.4, -0.2) is 48.0 Å². The molecular formula is C37H34F4N4O6. The van der Waals surface area contributed by atoms with E-state index in [-0.39, 0.29) is 40.8 Å². The smallest absolute Gasteiger partial charge is 0.424 e. The molecule has 1 heterocycles. The Morgan fingerprint density at radius 1 is 1.00 bits per heavy atom. The van der Waals surface area contributed by atoms with Crippen molar-refractivity contribution in [1.29, 1.82) is 5.26 Å². The molecule has 0 bridgehead atoms. The molecule has 1 fully saturated rings. The normalized spacial score (nSPS) is 14.1. The van der Waals surface area contributed by atoms with Crippen LogP contribution in [0.4, 0.5) is 22.4 Å². The Hall–Kier alpha value is -5.68. The van der Waals surface area contributed by atoms with Gasteiger partial charge in [-0.1, -0.05) is 30.3 Å². The highest BCUT2D eigenvalue weighted by atomic mass is 19.4. The summed E-state index contributed by atoms with van der Waals surface area (Å²) >= 11 is 0. The highest BCUT2D eigenvalue weighted by Gasteiger charge is 2.56. The zero-order chi connectivity index (χ0) is 37.0. The van der Waals surface area contributed by atoms with Crippen LogP contribution in [0.2, 0.25) is 0 Å². The molecule has 1 unspecified atom stereocenters. The molecule has 1 atom stereocenters. The molecule has 1 aliphatic rings. The average Bonchev–Trinajstić information content (AvgIpc) is 3.93. The summed E-state index contributed by atoms with van der Waals surface area (Å²) in [4.78, 5) is 30.1. The number of hydrogen-bond acceptors (Lipinski definition) is 8. The molecule has 1 aliphatic carbocycles. The molecule has 5 rings (SSSR count). The Morgan fingerprint density at radius 2 is 1.73 bits per heavy atom. The minimum absolute atomic E-state index is 0.0232. The summed E-state index contributed by atoms with van der Waals surface area (Å²) in [5, 5.41) is 25.5. The molecule has 0 saturated heterocycles. The molecule has 14 heteroatoms. The molecule has 0 radical (unpaired) electrons. The number of carbonyl (C=O) groups is 2. The summed E-state index contributed by atoms with van der Waals surface area (Å²) in [6.07, 6.45) is -4.53. The summed E-state index contributed by atoms with van der Waals surface area (Å²) in [6.45, 7) is 1.53. The second-order valence-electron chi connectivity index (χ2n) is 12.5. The summed E-state index contributed by atoms with van der Waals surface area (Å²) in [5.41, 5.74) is -6.01. The number of pyridine rings is 1. The fourth-order valence-corrected chi connectivity index (χ4v) is 5.03. The standard InChI is InChI=1S/C37H34F4N4O6/c1-35(2,45-34(47)50-20-22-7-5-4-6-8-22)26-17-29(23-9-13-28(38)25(15-23)19-42)44-32(18-26)36(48,37(39,40)41)21-43-33(46)24-10-14-30(31(16-24)49-3)51-27-11-12-27/h4-10,13-18,27,48H,11-12,20-21H2,1-3H3,(H,43,46)(H,45,47). The van der Waals surface area contributed by atoms with Crippen LogP contribution in [0, 0.1) is 17.1 Å². The number of alkyl halides is 3. The van der Waals surface area contributed by atoms with Crippen LogP contribution in [0.15, 0.2) is 78.9 Å². The third-order valence-electron chi connectivity index (χ3n) is 8.20. The number of aromatic nitrogens is 1. The molecule has 4 aromatic rings. The van der Waals surface area contributed by atoms with Crippen LogP contribution in [0.25, 0.3) is 11.3 Å². The fourth-order valence-electron chi connectivity index (χ4n) is 5.03. The number of methoxy groups -OCH3 is 1. The molecule has 51 heavy (non-hydrogen) atoms. The molecular weight excluding hydrogens is 672 g/mol. The number of nitrogens with one attached hydrogen (secondary N) is 2. The predicted octanol–water partition coefficient (Wildman–Crippen LogP) is 6.65. The van der Waals surface area contributed by atoms with Gasteiger partial charge in [-0.25, -0.2) is 14.2 Å².